The molecule has 16 aliphatic carbocycles. The fraction of sp³-hybridized carbons (Fsp3) is 0.793. The van der Waals surface area contributed by atoms with Crippen molar-refractivity contribution in [2.24, 2.45) is 179 Å². The van der Waals surface area contributed by atoms with Crippen molar-refractivity contribution in [1.29, 1.82) is 0 Å². The molecule has 0 bridgehead atoms. The van der Waals surface area contributed by atoms with E-state index in [2.05, 4.69) is 165 Å². The summed E-state index contributed by atoms with van der Waals surface area (Å²) in [4.78, 5) is 107. The van der Waals surface area contributed by atoms with Crippen LogP contribution in [0.5, 0.6) is 0 Å². The highest BCUT2D eigenvalue weighted by Gasteiger charge is 2.69. The first-order chi connectivity index (χ1) is 60.4. The van der Waals surface area contributed by atoms with E-state index in [1.54, 1.807) is 6.92 Å². The summed E-state index contributed by atoms with van der Waals surface area (Å²) in [5, 5.41) is 66.5. The number of allylic oxidation sites excluding steroid dienone is 9. The first-order valence-electron chi connectivity index (χ1n) is 52.5. The quantitative estimate of drug-likeness (QED) is 0.0620. The summed E-state index contributed by atoms with van der Waals surface area (Å²) in [6.07, 6.45) is 21.9. The van der Waals surface area contributed by atoms with Crippen LogP contribution in [0.4, 0.5) is 0 Å². The number of ketones is 8. The first kappa shape index (κ1) is 102. The second-order valence-corrected chi connectivity index (χ2v) is 50.5. The Balaban J connectivity index is 0.000000148. The molecule has 0 saturated heterocycles. The maximum absolute atomic E-state index is 13.9. The number of hydrogen-bond acceptors (Lipinski definition) is 14. The van der Waals surface area contributed by atoms with Crippen LogP contribution in [0.3, 0.4) is 0 Å². The number of rotatable bonds is 20. The maximum Gasteiger partial charge on any atom is 0.188 e. The van der Waals surface area contributed by atoms with Crippen LogP contribution in [-0.4, -0.2) is 113 Å². The topological polar surface area (TPSA) is 258 Å². The number of fused-ring (bicyclic) bond motifs is 16. The van der Waals surface area contributed by atoms with Crippen LogP contribution in [0.2, 0.25) is 0 Å². The molecule has 16 rings (SSSR count). The van der Waals surface area contributed by atoms with Crippen LogP contribution in [0.1, 0.15) is 365 Å². The van der Waals surface area contributed by atoms with Gasteiger partial charge < -0.3 is 30.6 Å². The van der Waals surface area contributed by atoms with E-state index in [-0.39, 0.29) is 133 Å². The number of Topliss-reactive ketones (excluding diaryl/α,β-unsaturated/α-hetero) is 8. The predicted molar refractivity (Wildman–Crippen MR) is 519 cm³/mol. The summed E-state index contributed by atoms with van der Waals surface area (Å²) in [5.74, 6) is 7.03. The van der Waals surface area contributed by atoms with Crippen molar-refractivity contribution in [3.63, 3.8) is 0 Å². The maximum atomic E-state index is 13.9. The van der Waals surface area contributed by atoms with Crippen molar-refractivity contribution in [2.75, 3.05) is 0 Å². The third-order valence-corrected chi connectivity index (χ3v) is 42.4. The fourth-order valence-electron chi connectivity index (χ4n) is 33.5. The van der Waals surface area contributed by atoms with Crippen LogP contribution in [-0.2, 0) is 38.4 Å². The molecule has 14 heteroatoms. The molecule has 0 aliphatic heterocycles. The van der Waals surface area contributed by atoms with Crippen LogP contribution in [0.15, 0.2) is 93.2 Å². The summed E-state index contributed by atoms with van der Waals surface area (Å²) in [6.45, 7) is 69.2. The lowest BCUT2D eigenvalue weighted by molar-refractivity contribution is -0.174. The average Bonchev–Trinajstić information content (AvgIpc) is 1.35. The first-order valence-corrected chi connectivity index (χ1v) is 52.5. The van der Waals surface area contributed by atoms with E-state index < -0.39 is 52.4 Å². The smallest absolute Gasteiger partial charge is 0.188 e. The van der Waals surface area contributed by atoms with Gasteiger partial charge in [-0.1, -0.05) is 208 Å². The van der Waals surface area contributed by atoms with Gasteiger partial charge in [0.2, 0.25) is 0 Å². The molecule has 33 atom stereocenters. The van der Waals surface area contributed by atoms with Gasteiger partial charge in [0.1, 0.15) is 17.7 Å². The molecule has 16 aliphatic rings. The Morgan fingerprint density at radius 3 is 1.17 bits per heavy atom. The highest BCUT2D eigenvalue weighted by molar-refractivity contribution is 6.13. The minimum atomic E-state index is -1.29. The van der Waals surface area contributed by atoms with Gasteiger partial charge in [-0.05, 0) is 307 Å². The largest absolute Gasteiger partial charge is 0.393 e. The van der Waals surface area contributed by atoms with E-state index in [0.29, 0.717) is 166 Å². The molecule has 8 fully saturated rings. The van der Waals surface area contributed by atoms with Crippen molar-refractivity contribution in [1.82, 2.24) is 0 Å². The van der Waals surface area contributed by atoms with E-state index in [1.165, 1.54) is 22.3 Å². The zero-order chi connectivity index (χ0) is 96.1. The number of carbonyl (C=O) groups excluding carboxylic acids is 8. The molecular formula is C116H176O14. The second-order valence-electron chi connectivity index (χ2n) is 50.5. The molecule has 0 aromatic carbocycles. The second kappa shape index (κ2) is 37.4. The van der Waals surface area contributed by atoms with Gasteiger partial charge in [0.25, 0.3) is 0 Å². The average molecular weight is 1790 g/mol. The van der Waals surface area contributed by atoms with Gasteiger partial charge in [-0.2, -0.15) is 0 Å². The summed E-state index contributed by atoms with van der Waals surface area (Å²) in [5.41, 5.74) is 8.43. The van der Waals surface area contributed by atoms with E-state index in [4.69, 9.17) is 0 Å². The molecule has 130 heavy (non-hydrogen) atoms. The van der Waals surface area contributed by atoms with Gasteiger partial charge in [-0.15, -0.1) is 0 Å². The van der Waals surface area contributed by atoms with Crippen molar-refractivity contribution in [2.45, 2.75) is 401 Å². The molecule has 0 amide bonds. The third-order valence-electron chi connectivity index (χ3n) is 42.4. The predicted octanol–water partition coefficient (Wildman–Crippen LogP) is 23.3. The van der Waals surface area contributed by atoms with Gasteiger partial charge in [-0.3, -0.25) is 38.4 Å². The Hall–Kier alpha value is -4.96. The third kappa shape index (κ3) is 17.0. The highest BCUT2D eigenvalue weighted by Crippen LogP contribution is 2.72. The highest BCUT2D eigenvalue weighted by atomic mass is 16.3. The Labute approximate surface area is 784 Å². The minimum absolute atomic E-state index is 0.0125. The summed E-state index contributed by atoms with van der Waals surface area (Å²) in [6, 6.07) is 0. The molecule has 724 valence electrons. The molecule has 8 saturated carbocycles. The van der Waals surface area contributed by atoms with Gasteiger partial charge in [-0.25, -0.2) is 0 Å². The molecule has 0 heterocycles. The zero-order valence-corrected chi connectivity index (χ0v) is 85.4. The lowest BCUT2D eigenvalue weighted by Crippen LogP contribution is -2.61. The normalized spacial score (nSPS) is 43.2. The van der Waals surface area contributed by atoms with Gasteiger partial charge in [0, 0.05) is 123 Å². The van der Waals surface area contributed by atoms with E-state index in [1.807, 2.05) is 20.8 Å². The van der Waals surface area contributed by atoms with Crippen LogP contribution >= 0.6 is 0 Å². The van der Waals surface area contributed by atoms with Crippen molar-refractivity contribution in [3.05, 3.63) is 93.2 Å². The molecule has 0 aromatic heterocycles. The minimum Gasteiger partial charge on any atom is -0.393 e. The van der Waals surface area contributed by atoms with Gasteiger partial charge in [0.15, 0.2) is 34.7 Å². The SMILES string of the molecule is C=C(CC[C@@H](C)C1CCC2C3=C(C(=O)[C@H](O)[C@@]21C)[C@@]1(C)CC[C@H](O)[C@@H](C)C1CC3=O)C(C)C.C=C(CC[C@@H](C)[C@H]1CC[C@H]2C3=C(C(=O)C[C@]12C)[C@@]1(C)CCC(=O)[C@@H](C)[C@@H]1CC3=O)C(C)C.C=C(CC[C@@H](C)[C@H]1CC[C@H]2C3=C(C(=O)C[C@]12C)[C@@]1(C)CCC(=O)[C@@H](C)[C@@H]1CC3O)C(C)C.C=C(CC[C@@H](C)[C@H]1CC[C@H]2C3=C(C(=O)C[C@]12C)[C@@]1(C)CC[C@H](O)[C@](C)(O)C1CC3O)C(C)C. The Morgan fingerprint density at radius 2 is 0.723 bits per heavy atom. The summed E-state index contributed by atoms with van der Waals surface area (Å²) >= 11 is 0. The number of aliphatic hydroxyl groups is 6. The number of carbonyl (C=O) groups is 8. The van der Waals surface area contributed by atoms with E-state index in [9.17, 15) is 69.0 Å². The van der Waals surface area contributed by atoms with Crippen LogP contribution in [0, 0.1) is 179 Å². The zero-order valence-electron chi connectivity index (χ0n) is 85.4. The summed E-state index contributed by atoms with van der Waals surface area (Å²) < 4.78 is 0. The Morgan fingerprint density at radius 1 is 0.377 bits per heavy atom. The van der Waals surface area contributed by atoms with Gasteiger partial charge in [0.05, 0.1) is 30.0 Å². The molecule has 6 unspecified atom stereocenters. The lowest BCUT2D eigenvalue weighted by Gasteiger charge is -2.59. The number of hydrogen-bond donors (Lipinski definition) is 6. The van der Waals surface area contributed by atoms with E-state index >= 15 is 0 Å². The molecule has 0 spiro atoms. The fourth-order valence-corrected chi connectivity index (χ4v) is 33.5. The van der Waals surface area contributed by atoms with Gasteiger partial charge >= 0.3 is 0 Å². The summed E-state index contributed by atoms with van der Waals surface area (Å²) in [7, 11) is 0. The van der Waals surface area contributed by atoms with Crippen LogP contribution < -0.4 is 0 Å². The molecule has 14 nitrogen and oxygen atoms in total. The number of aliphatic hydroxyl groups excluding tert-OH is 5. The molecule has 6 N–H and O–H groups in total. The lowest BCUT2D eigenvalue weighted by atomic mass is 9.47. The Kier molecular flexibility index (Phi) is 29.5. The van der Waals surface area contributed by atoms with E-state index in [0.717, 1.165) is 155 Å². The standard InChI is InChI=1S/C29H46O4.C29H44O4.C29H44O3.C29H42O3/c1-16(2)17(3)8-9-18(4)19-10-11-20-25-21(30)14-23-27(5,13-12-24(32)29(23,7)33)26(25)22(31)15-28(19,20)6;1-15(2)16(3)8-9-17(4)19-10-11-20-24-23(31)14-21-18(5)22(30)12-13-28(21,6)25(24)26(32)27(33)29(19,20)7;2*1-16(2)17(3)8-9-18(4)20-10-11-21-26-24(31)14-22-19(5)23(30)12-13-28(22,6)27(26)25(32)15-29(20,21)7/h16,18-21,23-24,30,32-33H,3,8-15H2,1-2,4-7H3;15,17-22,27,30,33H,3,8-14H2,1-2,4-7H3;16,18-22,24,31H,3,8-15H2,1-2,4-7H3;16,18-22H,3,8-15H2,1-2,4-7H3/t18-,19-,20+,21?,23?,24+,27+,28-,29-;17-,18+,19?,20?,21?,22+,27+,28+,29-;18-,19+,20-,21+,22+,24?,28+,29-;18-,19+,20-,21+,22+,28+,29-/m1111/s1. The molecular weight excluding hydrogens is 1620 g/mol. The van der Waals surface area contributed by atoms with Crippen molar-refractivity contribution in [3.8, 4) is 0 Å². The monoisotopic (exact) mass is 1790 g/mol. The molecule has 0 radical (unpaired) electrons. The van der Waals surface area contributed by atoms with Crippen molar-refractivity contribution < 1.29 is 69.0 Å². The van der Waals surface area contributed by atoms with Crippen molar-refractivity contribution >= 4 is 46.3 Å². The van der Waals surface area contributed by atoms with Crippen LogP contribution in [0.25, 0.3) is 0 Å². The molecule has 0 aromatic rings. The Bertz CT molecular complexity index is 4620.